The fourth-order valence-corrected chi connectivity index (χ4v) is 1.52. The van der Waals surface area contributed by atoms with Gasteiger partial charge in [0.1, 0.15) is 6.17 Å². The van der Waals surface area contributed by atoms with Gasteiger partial charge in [0.25, 0.3) is 0 Å². The van der Waals surface area contributed by atoms with Gasteiger partial charge in [-0.05, 0) is 17.2 Å². The summed E-state index contributed by atoms with van der Waals surface area (Å²) in [5, 5.41) is 15.0. The minimum atomic E-state index is -1.23. The van der Waals surface area contributed by atoms with Crippen LogP contribution in [0.15, 0.2) is 36.7 Å². The minimum absolute atomic E-state index is 0.116. The summed E-state index contributed by atoms with van der Waals surface area (Å²) < 4.78 is 13.5. The highest BCUT2D eigenvalue weighted by Gasteiger charge is 2.10. The van der Waals surface area contributed by atoms with E-state index in [1.54, 1.807) is 30.6 Å². The molecular weight excluding hydrogens is 205 g/mol. The highest BCUT2D eigenvalue weighted by atomic mass is 19.1. The van der Waals surface area contributed by atoms with Crippen molar-refractivity contribution in [2.24, 2.45) is 0 Å². The van der Waals surface area contributed by atoms with E-state index in [1.165, 1.54) is 0 Å². The molecule has 2 rings (SSSR count). The molecule has 4 heteroatoms. The summed E-state index contributed by atoms with van der Waals surface area (Å²) >= 11 is 0. The van der Waals surface area contributed by atoms with E-state index in [4.69, 9.17) is 5.26 Å². The van der Waals surface area contributed by atoms with Gasteiger partial charge in [0.2, 0.25) is 0 Å². The fourth-order valence-electron chi connectivity index (χ4n) is 1.52. The van der Waals surface area contributed by atoms with Crippen LogP contribution >= 0.6 is 0 Å². The quantitative estimate of drug-likeness (QED) is 0.855. The normalized spacial score (nSPS) is 12.0. The van der Waals surface area contributed by atoms with Crippen LogP contribution in [-0.2, 0) is 0 Å². The van der Waals surface area contributed by atoms with Crippen molar-refractivity contribution in [3.05, 3.63) is 42.2 Å². The molecule has 0 aliphatic rings. The molecule has 1 atom stereocenters. The maximum Gasteiger partial charge on any atom is 0.138 e. The molecule has 80 valence electrons. The van der Waals surface area contributed by atoms with E-state index >= 15 is 0 Å². The third-order valence-electron chi connectivity index (χ3n) is 2.35. The lowest BCUT2D eigenvalue weighted by Crippen LogP contribution is -1.90. The largest absolute Gasteiger partial charge is 0.285 e. The molecule has 16 heavy (non-hydrogen) atoms. The maximum absolute atomic E-state index is 13.5. The summed E-state index contributed by atoms with van der Waals surface area (Å²) in [5.41, 5.74) is 2.33. The molecule has 1 aromatic carbocycles. The third kappa shape index (κ3) is 2.09. The number of rotatable bonds is 3. The molecule has 0 saturated heterocycles. The van der Waals surface area contributed by atoms with Gasteiger partial charge in [-0.3, -0.25) is 5.10 Å². The highest BCUT2D eigenvalue weighted by Crippen LogP contribution is 2.25. The Labute approximate surface area is 92.5 Å². The molecule has 1 N–H and O–H groups in total. The zero-order valence-corrected chi connectivity index (χ0v) is 8.52. The molecule has 0 bridgehead atoms. The number of halogens is 1. The lowest BCUT2D eigenvalue weighted by molar-refractivity contribution is 0.350. The van der Waals surface area contributed by atoms with Crippen molar-refractivity contribution < 1.29 is 4.39 Å². The Morgan fingerprint density at radius 3 is 3.00 bits per heavy atom. The number of nitrogens with zero attached hydrogens (tertiary/aromatic N) is 2. The first kappa shape index (κ1) is 10.4. The molecule has 0 aliphatic heterocycles. The summed E-state index contributed by atoms with van der Waals surface area (Å²) in [7, 11) is 0. The van der Waals surface area contributed by atoms with Crippen LogP contribution in [0.1, 0.15) is 18.2 Å². The molecule has 1 aromatic heterocycles. The monoisotopic (exact) mass is 215 g/mol. The minimum Gasteiger partial charge on any atom is -0.285 e. The Balaban J connectivity index is 2.31. The number of benzene rings is 1. The van der Waals surface area contributed by atoms with E-state index in [0.717, 1.165) is 11.1 Å². The zero-order valence-electron chi connectivity index (χ0n) is 8.52. The van der Waals surface area contributed by atoms with Crippen LogP contribution in [0.4, 0.5) is 4.39 Å². The third-order valence-corrected chi connectivity index (χ3v) is 2.35. The van der Waals surface area contributed by atoms with Gasteiger partial charge in [-0.25, -0.2) is 4.39 Å². The summed E-state index contributed by atoms with van der Waals surface area (Å²) in [6.07, 6.45) is 2.08. The van der Waals surface area contributed by atoms with Gasteiger partial charge in [0.15, 0.2) is 0 Å². The van der Waals surface area contributed by atoms with E-state index in [1.807, 2.05) is 12.1 Å². The number of aromatic nitrogens is 2. The summed E-state index contributed by atoms with van der Waals surface area (Å²) in [6, 6.07) is 8.92. The number of hydrogen-bond donors (Lipinski definition) is 1. The summed E-state index contributed by atoms with van der Waals surface area (Å²) in [4.78, 5) is 0. The Kier molecular flexibility index (Phi) is 2.97. The number of nitriles is 1. The highest BCUT2D eigenvalue weighted by molar-refractivity contribution is 5.62. The average molecular weight is 215 g/mol. The predicted molar refractivity (Wildman–Crippen MR) is 58.1 cm³/mol. The number of aromatic amines is 1. The standard InChI is InChI=1S/C12H10FN3/c13-12(4-5-14)10-3-1-2-9(6-10)11-7-15-16-8-11/h1-3,6-8,12H,4H2,(H,15,16). The van der Waals surface area contributed by atoms with Crippen molar-refractivity contribution in [2.45, 2.75) is 12.6 Å². The Bertz CT molecular complexity index is 499. The molecule has 3 nitrogen and oxygen atoms in total. The summed E-state index contributed by atoms with van der Waals surface area (Å²) in [6.45, 7) is 0. The number of H-pyrrole nitrogens is 1. The average Bonchev–Trinajstić information content (AvgIpc) is 2.83. The molecule has 0 amide bonds. The molecule has 0 fully saturated rings. The van der Waals surface area contributed by atoms with Crippen molar-refractivity contribution in [3.63, 3.8) is 0 Å². The smallest absolute Gasteiger partial charge is 0.138 e. The molecule has 0 spiro atoms. The van der Waals surface area contributed by atoms with E-state index < -0.39 is 6.17 Å². The van der Waals surface area contributed by atoms with E-state index in [2.05, 4.69) is 10.2 Å². The summed E-state index contributed by atoms with van der Waals surface area (Å²) in [5.74, 6) is 0. The second kappa shape index (κ2) is 4.58. The van der Waals surface area contributed by atoms with Crippen LogP contribution in [0, 0.1) is 11.3 Å². The van der Waals surface area contributed by atoms with Gasteiger partial charge < -0.3 is 0 Å². The SMILES string of the molecule is N#CCC(F)c1cccc(-c2cn[nH]c2)c1. The molecule has 1 heterocycles. The fraction of sp³-hybridized carbons (Fsp3) is 0.167. The Hall–Kier alpha value is -2.15. The van der Waals surface area contributed by atoms with Crippen LogP contribution in [0.5, 0.6) is 0 Å². The van der Waals surface area contributed by atoms with Crippen molar-refractivity contribution in [1.82, 2.24) is 10.2 Å². The van der Waals surface area contributed by atoms with Gasteiger partial charge >= 0.3 is 0 Å². The first-order chi connectivity index (χ1) is 7.81. The van der Waals surface area contributed by atoms with E-state index in [0.29, 0.717) is 5.56 Å². The first-order valence-corrected chi connectivity index (χ1v) is 4.91. The second-order valence-electron chi connectivity index (χ2n) is 3.44. The van der Waals surface area contributed by atoms with E-state index in [9.17, 15) is 4.39 Å². The van der Waals surface area contributed by atoms with Crippen LogP contribution in [0.2, 0.25) is 0 Å². The van der Waals surface area contributed by atoms with Gasteiger partial charge in [0.05, 0.1) is 18.7 Å². The first-order valence-electron chi connectivity index (χ1n) is 4.91. The molecule has 0 radical (unpaired) electrons. The number of alkyl halides is 1. The lowest BCUT2D eigenvalue weighted by atomic mass is 10.0. The molecular formula is C12H10FN3. The number of hydrogen-bond acceptors (Lipinski definition) is 2. The Morgan fingerprint density at radius 1 is 1.44 bits per heavy atom. The van der Waals surface area contributed by atoms with E-state index in [-0.39, 0.29) is 6.42 Å². The Morgan fingerprint density at radius 2 is 2.31 bits per heavy atom. The molecule has 2 aromatic rings. The van der Waals surface area contributed by atoms with Crippen molar-refractivity contribution in [1.29, 1.82) is 5.26 Å². The van der Waals surface area contributed by atoms with Crippen LogP contribution in [0.25, 0.3) is 11.1 Å². The molecule has 0 saturated carbocycles. The van der Waals surface area contributed by atoms with Crippen LogP contribution in [-0.4, -0.2) is 10.2 Å². The van der Waals surface area contributed by atoms with Crippen molar-refractivity contribution >= 4 is 0 Å². The topological polar surface area (TPSA) is 52.5 Å². The second-order valence-corrected chi connectivity index (χ2v) is 3.44. The van der Waals surface area contributed by atoms with Crippen LogP contribution < -0.4 is 0 Å². The van der Waals surface area contributed by atoms with Crippen molar-refractivity contribution in [3.8, 4) is 17.2 Å². The van der Waals surface area contributed by atoms with Gasteiger partial charge in [-0.15, -0.1) is 0 Å². The lowest BCUT2D eigenvalue weighted by Gasteiger charge is -2.05. The maximum atomic E-state index is 13.5. The van der Waals surface area contributed by atoms with Crippen molar-refractivity contribution in [2.75, 3.05) is 0 Å². The predicted octanol–water partition coefficient (Wildman–Crippen LogP) is 3.00. The molecule has 1 unspecified atom stereocenters. The van der Waals surface area contributed by atoms with Gasteiger partial charge in [-0.1, -0.05) is 18.2 Å². The molecule has 0 aliphatic carbocycles. The van der Waals surface area contributed by atoms with Gasteiger partial charge in [0, 0.05) is 11.8 Å². The zero-order chi connectivity index (χ0) is 11.4. The van der Waals surface area contributed by atoms with Gasteiger partial charge in [-0.2, -0.15) is 10.4 Å². The number of nitrogens with one attached hydrogen (secondary N) is 1. The van der Waals surface area contributed by atoms with Crippen LogP contribution in [0.3, 0.4) is 0 Å².